The van der Waals surface area contributed by atoms with E-state index in [1.54, 1.807) is 24.3 Å². The van der Waals surface area contributed by atoms with Crippen molar-refractivity contribution in [3.05, 3.63) is 52.2 Å². The van der Waals surface area contributed by atoms with Gasteiger partial charge < -0.3 is 19.2 Å². The van der Waals surface area contributed by atoms with Crippen molar-refractivity contribution < 1.29 is 23.9 Å². The number of hydrogen-bond acceptors (Lipinski definition) is 7. The number of nitro groups is 1. The largest absolute Gasteiger partial charge is 0.493 e. The maximum absolute atomic E-state index is 11.6. The summed E-state index contributed by atoms with van der Waals surface area (Å²) >= 11 is 0. The number of carbonyl (C=O) groups is 1. The van der Waals surface area contributed by atoms with E-state index in [0.29, 0.717) is 56.6 Å². The van der Waals surface area contributed by atoms with E-state index in [1.807, 2.05) is 0 Å². The van der Waals surface area contributed by atoms with Crippen LogP contribution in [0.2, 0.25) is 0 Å². The van der Waals surface area contributed by atoms with E-state index in [4.69, 9.17) is 14.2 Å². The van der Waals surface area contributed by atoms with Gasteiger partial charge in [0.1, 0.15) is 5.69 Å². The summed E-state index contributed by atoms with van der Waals surface area (Å²) in [5.41, 5.74) is 2.58. The Hall–Kier alpha value is -4.14. The van der Waals surface area contributed by atoms with Crippen LogP contribution in [0, 0.1) is 10.1 Å². The molecule has 9 heteroatoms. The number of aromatic amines is 1. The molecular weight excluding hydrogens is 390 g/mol. The van der Waals surface area contributed by atoms with Crippen LogP contribution in [0.15, 0.2) is 36.4 Å². The predicted octanol–water partition coefficient (Wildman–Crippen LogP) is 4.13. The van der Waals surface area contributed by atoms with Gasteiger partial charge in [0, 0.05) is 34.0 Å². The minimum atomic E-state index is -0.458. The number of H-pyrrole nitrogens is 1. The monoisotopic (exact) mass is 407 g/mol. The molecule has 0 spiro atoms. The van der Waals surface area contributed by atoms with Crippen LogP contribution in [0.5, 0.6) is 17.2 Å². The highest BCUT2D eigenvalue weighted by Gasteiger charge is 2.19. The fourth-order valence-corrected chi connectivity index (χ4v) is 3.50. The summed E-state index contributed by atoms with van der Waals surface area (Å²) in [4.78, 5) is 30.0. The van der Waals surface area contributed by atoms with Crippen LogP contribution in [0.4, 0.5) is 5.69 Å². The van der Waals surface area contributed by atoms with Gasteiger partial charge in [-0.1, -0.05) is 0 Å². The molecular formula is C21H17N3O6. The van der Waals surface area contributed by atoms with Gasteiger partial charge in [0.25, 0.3) is 5.69 Å². The molecule has 4 rings (SSSR count). The van der Waals surface area contributed by atoms with Gasteiger partial charge in [0.05, 0.1) is 37.5 Å². The number of nitrogens with one attached hydrogen (secondary N) is 1. The number of non-ortho nitro benzene ring substituents is 1. The molecule has 0 bridgehead atoms. The van der Waals surface area contributed by atoms with Gasteiger partial charge in [0.15, 0.2) is 17.8 Å². The second-order valence-electron chi connectivity index (χ2n) is 6.46. The number of aldehydes is 1. The first-order valence-corrected chi connectivity index (χ1v) is 8.87. The van der Waals surface area contributed by atoms with Gasteiger partial charge in [-0.3, -0.25) is 14.9 Å². The van der Waals surface area contributed by atoms with Crippen molar-refractivity contribution in [1.82, 2.24) is 9.97 Å². The Morgan fingerprint density at radius 2 is 1.70 bits per heavy atom. The number of nitro benzene ring substituents is 1. The topological polar surface area (TPSA) is 117 Å². The van der Waals surface area contributed by atoms with Gasteiger partial charge in [-0.2, -0.15) is 0 Å². The molecule has 2 aromatic carbocycles. The SMILES string of the molecule is COc1cc(-c2nc(C=O)cc3c2[nH]c2ccc([N+](=O)[O-])cc23)cc(OC)c1OC. The second kappa shape index (κ2) is 7.36. The molecule has 0 unspecified atom stereocenters. The van der Waals surface area contributed by atoms with E-state index < -0.39 is 4.92 Å². The third kappa shape index (κ3) is 2.96. The van der Waals surface area contributed by atoms with E-state index in [0.717, 1.165) is 0 Å². The minimum Gasteiger partial charge on any atom is -0.493 e. The number of methoxy groups -OCH3 is 3. The Morgan fingerprint density at radius 3 is 2.27 bits per heavy atom. The quantitative estimate of drug-likeness (QED) is 0.290. The van der Waals surface area contributed by atoms with Crippen molar-refractivity contribution in [3.8, 4) is 28.5 Å². The van der Waals surface area contributed by atoms with E-state index in [2.05, 4.69) is 9.97 Å². The third-order valence-corrected chi connectivity index (χ3v) is 4.86. The fraction of sp³-hybridized carbons (Fsp3) is 0.143. The molecule has 0 aliphatic carbocycles. The summed E-state index contributed by atoms with van der Waals surface area (Å²) in [5, 5.41) is 12.5. The normalized spacial score (nSPS) is 10.9. The molecule has 0 saturated carbocycles. The van der Waals surface area contributed by atoms with Crippen LogP contribution < -0.4 is 14.2 Å². The molecule has 2 aromatic heterocycles. The fourth-order valence-electron chi connectivity index (χ4n) is 3.50. The van der Waals surface area contributed by atoms with E-state index in [-0.39, 0.29) is 11.4 Å². The van der Waals surface area contributed by atoms with Crippen molar-refractivity contribution in [3.63, 3.8) is 0 Å². The standard InChI is InChI=1S/C21H17N3O6/c1-28-17-6-11(7-18(29-2)21(17)30-3)19-20-15(8-12(10-25)22-19)14-9-13(24(26)27)4-5-16(14)23-20/h4-10,23H,1-3H3. The molecule has 152 valence electrons. The molecule has 0 amide bonds. The molecule has 0 atom stereocenters. The van der Waals surface area contributed by atoms with Crippen molar-refractivity contribution in [2.24, 2.45) is 0 Å². The Labute approximate surface area is 170 Å². The minimum absolute atomic E-state index is 0.0396. The smallest absolute Gasteiger partial charge is 0.270 e. The van der Waals surface area contributed by atoms with Gasteiger partial charge in [0.2, 0.25) is 5.75 Å². The summed E-state index contributed by atoms with van der Waals surface area (Å²) in [7, 11) is 4.52. The molecule has 0 fully saturated rings. The number of pyridine rings is 1. The van der Waals surface area contributed by atoms with Crippen LogP contribution in [0.25, 0.3) is 33.1 Å². The second-order valence-corrected chi connectivity index (χ2v) is 6.46. The summed E-state index contributed by atoms with van der Waals surface area (Å²) in [6.45, 7) is 0. The highest BCUT2D eigenvalue weighted by Crippen LogP contribution is 2.42. The first-order chi connectivity index (χ1) is 14.5. The Bertz CT molecular complexity index is 1290. The van der Waals surface area contributed by atoms with Crippen molar-refractivity contribution in [2.75, 3.05) is 21.3 Å². The lowest BCUT2D eigenvalue weighted by molar-refractivity contribution is -0.384. The molecule has 30 heavy (non-hydrogen) atoms. The molecule has 9 nitrogen and oxygen atoms in total. The molecule has 0 radical (unpaired) electrons. The number of hydrogen-bond donors (Lipinski definition) is 1. The number of carbonyl (C=O) groups excluding carboxylic acids is 1. The van der Waals surface area contributed by atoms with Gasteiger partial charge >= 0.3 is 0 Å². The average Bonchev–Trinajstić information content (AvgIpc) is 3.14. The van der Waals surface area contributed by atoms with Crippen molar-refractivity contribution >= 4 is 33.8 Å². The van der Waals surface area contributed by atoms with Gasteiger partial charge in [-0.05, 0) is 24.3 Å². The van der Waals surface area contributed by atoms with E-state index >= 15 is 0 Å². The van der Waals surface area contributed by atoms with E-state index in [9.17, 15) is 14.9 Å². The summed E-state index contributed by atoms with van der Waals surface area (Å²) < 4.78 is 16.2. The maximum Gasteiger partial charge on any atom is 0.270 e. The summed E-state index contributed by atoms with van der Waals surface area (Å²) in [5.74, 6) is 1.30. The Balaban J connectivity index is 2.07. The zero-order valence-electron chi connectivity index (χ0n) is 16.4. The first kappa shape index (κ1) is 19.2. The summed E-state index contributed by atoms with van der Waals surface area (Å²) in [6.07, 6.45) is 0.636. The zero-order chi connectivity index (χ0) is 21.4. The lowest BCUT2D eigenvalue weighted by atomic mass is 10.1. The first-order valence-electron chi connectivity index (χ1n) is 8.87. The zero-order valence-corrected chi connectivity index (χ0v) is 16.4. The van der Waals surface area contributed by atoms with Crippen molar-refractivity contribution in [2.45, 2.75) is 0 Å². The third-order valence-electron chi connectivity index (χ3n) is 4.86. The number of nitrogens with zero attached hydrogens (tertiary/aromatic N) is 2. The average molecular weight is 407 g/mol. The molecule has 0 saturated heterocycles. The molecule has 2 heterocycles. The highest BCUT2D eigenvalue weighted by molar-refractivity contribution is 6.12. The Morgan fingerprint density at radius 1 is 1.00 bits per heavy atom. The van der Waals surface area contributed by atoms with Crippen LogP contribution in [0.1, 0.15) is 10.5 Å². The van der Waals surface area contributed by atoms with Crippen LogP contribution in [-0.4, -0.2) is 42.5 Å². The highest BCUT2D eigenvalue weighted by atomic mass is 16.6. The lowest BCUT2D eigenvalue weighted by Crippen LogP contribution is -1.97. The molecule has 0 aliphatic heterocycles. The number of fused-ring (bicyclic) bond motifs is 3. The maximum atomic E-state index is 11.6. The summed E-state index contributed by atoms with van der Waals surface area (Å²) in [6, 6.07) is 9.59. The number of ether oxygens (including phenoxy) is 3. The van der Waals surface area contributed by atoms with Crippen LogP contribution in [-0.2, 0) is 0 Å². The number of benzene rings is 2. The molecule has 1 N–H and O–H groups in total. The number of aromatic nitrogens is 2. The van der Waals surface area contributed by atoms with Crippen LogP contribution in [0.3, 0.4) is 0 Å². The van der Waals surface area contributed by atoms with Gasteiger partial charge in [-0.25, -0.2) is 4.98 Å². The van der Waals surface area contributed by atoms with Crippen molar-refractivity contribution in [1.29, 1.82) is 0 Å². The lowest BCUT2D eigenvalue weighted by Gasteiger charge is -2.14. The molecule has 4 aromatic rings. The van der Waals surface area contributed by atoms with Crippen LogP contribution >= 0.6 is 0 Å². The predicted molar refractivity (Wildman–Crippen MR) is 111 cm³/mol. The number of rotatable bonds is 6. The molecule has 0 aliphatic rings. The Kier molecular flexibility index (Phi) is 4.71. The van der Waals surface area contributed by atoms with E-state index in [1.165, 1.54) is 33.5 Å². The van der Waals surface area contributed by atoms with Gasteiger partial charge in [-0.15, -0.1) is 0 Å².